The van der Waals surface area contributed by atoms with Crippen molar-refractivity contribution in [1.29, 1.82) is 0 Å². The average molecular weight is 377 g/mol. The second-order valence-corrected chi connectivity index (χ2v) is 7.82. The quantitative estimate of drug-likeness (QED) is 0.498. The Balaban J connectivity index is 1.80. The first-order valence-corrected chi connectivity index (χ1v) is 10.1. The number of hydrogen-bond donors (Lipinski definition) is 0. The van der Waals surface area contributed by atoms with E-state index in [0.717, 1.165) is 49.2 Å². The van der Waals surface area contributed by atoms with E-state index in [-0.39, 0.29) is 0 Å². The molecule has 4 nitrogen and oxygen atoms in total. The number of para-hydroxylation sites is 2. The molecule has 2 aromatic rings. The van der Waals surface area contributed by atoms with Gasteiger partial charge in [0.05, 0.1) is 18.0 Å². The fraction of sp³-hybridized carbons (Fsp3) is 0.417. The number of amidine groups is 2. The molecule has 1 heterocycles. The van der Waals surface area contributed by atoms with Crippen molar-refractivity contribution < 1.29 is 0 Å². The van der Waals surface area contributed by atoms with Gasteiger partial charge in [0, 0.05) is 13.1 Å². The van der Waals surface area contributed by atoms with Crippen LogP contribution in [0.15, 0.2) is 46.4 Å². The van der Waals surface area contributed by atoms with Gasteiger partial charge >= 0.3 is 0 Å². The molecule has 1 aliphatic heterocycles. The Kier molecular flexibility index (Phi) is 6.18. The highest BCUT2D eigenvalue weighted by molar-refractivity contribution is 5.86. The van der Waals surface area contributed by atoms with Gasteiger partial charge in [-0.2, -0.15) is 0 Å². The molecule has 28 heavy (non-hydrogen) atoms. The van der Waals surface area contributed by atoms with Gasteiger partial charge in [-0.05, 0) is 70.2 Å². The highest BCUT2D eigenvalue weighted by Crippen LogP contribution is 2.25. The van der Waals surface area contributed by atoms with Crippen LogP contribution in [-0.4, -0.2) is 41.2 Å². The molecule has 0 unspecified atom stereocenters. The molecule has 1 saturated heterocycles. The van der Waals surface area contributed by atoms with Crippen LogP contribution in [0.2, 0.25) is 0 Å². The molecule has 0 amide bonds. The van der Waals surface area contributed by atoms with Crippen LogP contribution in [0.4, 0.5) is 11.4 Å². The van der Waals surface area contributed by atoms with Gasteiger partial charge in [0.15, 0.2) is 0 Å². The van der Waals surface area contributed by atoms with Crippen molar-refractivity contribution >= 4 is 23.0 Å². The zero-order valence-electron chi connectivity index (χ0n) is 18.1. The predicted octanol–water partition coefficient (Wildman–Crippen LogP) is 5.69. The largest absolute Gasteiger partial charge is 0.342 e. The van der Waals surface area contributed by atoms with E-state index in [1.54, 1.807) is 0 Å². The van der Waals surface area contributed by atoms with Crippen LogP contribution >= 0.6 is 0 Å². The van der Waals surface area contributed by atoms with E-state index in [1.807, 2.05) is 0 Å². The Morgan fingerprint density at radius 3 is 1.39 bits per heavy atom. The van der Waals surface area contributed by atoms with Gasteiger partial charge in [-0.15, -0.1) is 0 Å². The lowest BCUT2D eigenvalue weighted by atomic mass is 10.1. The first-order chi connectivity index (χ1) is 13.4. The lowest BCUT2D eigenvalue weighted by Crippen LogP contribution is -2.48. The van der Waals surface area contributed by atoms with E-state index in [0.29, 0.717) is 0 Å². The zero-order chi connectivity index (χ0) is 20.3. The molecule has 0 spiro atoms. The summed E-state index contributed by atoms with van der Waals surface area (Å²) in [7, 11) is 0. The van der Waals surface area contributed by atoms with Gasteiger partial charge in [-0.25, -0.2) is 9.98 Å². The van der Waals surface area contributed by atoms with Crippen molar-refractivity contribution in [1.82, 2.24) is 9.80 Å². The summed E-state index contributed by atoms with van der Waals surface area (Å²) in [6.45, 7) is 15.7. The number of nitrogens with zero attached hydrogens (tertiary/aromatic N) is 4. The molecule has 0 aliphatic carbocycles. The summed E-state index contributed by atoms with van der Waals surface area (Å²) in [6.07, 6.45) is 1.11. The van der Waals surface area contributed by atoms with Crippen LogP contribution in [0.3, 0.4) is 0 Å². The molecule has 1 aliphatic rings. The van der Waals surface area contributed by atoms with Gasteiger partial charge in [-0.3, -0.25) is 0 Å². The molecule has 1 fully saturated rings. The number of aliphatic imine (C=N–C) groups is 2. The molecular weight excluding hydrogens is 344 g/mol. The standard InChI is InChI=1S/C24H32N4/c1-17-10-7-11-18(2)23(17)25-21(5)27-14-9-15-28(16-27)22(6)26-24-19(3)12-8-13-20(24)4/h7-8,10-13H,9,14-16H2,1-6H3. The maximum absolute atomic E-state index is 4.96. The Morgan fingerprint density at radius 2 is 1.04 bits per heavy atom. The third kappa shape index (κ3) is 4.44. The topological polar surface area (TPSA) is 31.2 Å². The molecule has 0 radical (unpaired) electrons. The van der Waals surface area contributed by atoms with Crippen LogP contribution in [-0.2, 0) is 0 Å². The molecule has 3 rings (SSSR count). The molecule has 0 atom stereocenters. The Labute approximate surface area is 169 Å². The second-order valence-electron chi connectivity index (χ2n) is 7.82. The van der Waals surface area contributed by atoms with Crippen molar-refractivity contribution in [2.45, 2.75) is 48.0 Å². The maximum Gasteiger partial charge on any atom is 0.103 e. The number of hydrogen-bond acceptors (Lipinski definition) is 2. The summed E-state index contributed by atoms with van der Waals surface area (Å²) >= 11 is 0. The Morgan fingerprint density at radius 1 is 0.679 bits per heavy atom. The van der Waals surface area contributed by atoms with Gasteiger partial charge < -0.3 is 9.80 Å². The average Bonchev–Trinajstić information content (AvgIpc) is 2.67. The minimum atomic E-state index is 0.834. The molecule has 0 N–H and O–H groups in total. The SMILES string of the molecule is CC(=Nc1c(C)cccc1C)N1CCCN(C(C)=Nc2c(C)cccc2C)C1. The summed E-state index contributed by atoms with van der Waals surface area (Å²) in [5, 5.41) is 0. The van der Waals surface area contributed by atoms with Crippen molar-refractivity contribution in [3.05, 3.63) is 58.7 Å². The fourth-order valence-electron chi connectivity index (χ4n) is 3.76. The van der Waals surface area contributed by atoms with Crippen molar-refractivity contribution in [2.75, 3.05) is 19.8 Å². The first kappa shape index (κ1) is 20.1. The number of rotatable bonds is 2. The molecule has 2 aromatic carbocycles. The van der Waals surface area contributed by atoms with Crippen LogP contribution in [0.1, 0.15) is 42.5 Å². The predicted molar refractivity (Wildman–Crippen MR) is 120 cm³/mol. The summed E-state index contributed by atoms with van der Waals surface area (Å²) < 4.78 is 0. The van der Waals surface area contributed by atoms with Crippen LogP contribution < -0.4 is 0 Å². The lowest BCUT2D eigenvalue weighted by Gasteiger charge is -2.38. The molecule has 0 saturated carbocycles. The van der Waals surface area contributed by atoms with E-state index in [2.05, 4.69) is 87.7 Å². The van der Waals surface area contributed by atoms with Crippen molar-refractivity contribution in [3.8, 4) is 0 Å². The Hall–Kier alpha value is -2.62. The normalized spacial score (nSPS) is 15.9. The van der Waals surface area contributed by atoms with Crippen LogP contribution in [0, 0.1) is 27.7 Å². The number of aryl methyl sites for hydroxylation is 4. The minimum absolute atomic E-state index is 0.834. The van der Waals surface area contributed by atoms with E-state index < -0.39 is 0 Å². The monoisotopic (exact) mass is 376 g/mol. The fourth-order valence-corrected chi connectivity index (χ4v) is 3.76. The van der Waals surface area contributed by atoms with E-state index in [4.69, 9.17) is 9.98 Å². The first-order valence-electron chi connectivity index (χ1n) is 10.1. The summed E-state index contributed by atoms with van der Waals surface area (Å²) in [5.41, 5.74) is 7.08. The second kappa shape index (κ2) is 8.59. The lowest BCUT2D eigenvalue weighted by molar-refractivity contribution is 0.211. The third-order valence-electron chi connectivity index (χ3n) is 5.54. The zero-order valence-corrected chi connectivity index (χ0v) is 18.1. The molecule has 0 bridgehead atoms. The van der Waals surface area contributed by atoms with Gasteiger partial charge in [0.2, 0.25) is 0 Å². The van der Waals surface area contributed by atoms with Gasteiger partial charge in [0.1, 0.15) is 11.7 Å². The Bertz CT molecular complexity index is 797. The highest BCUT2D eigenvalue weighted by atomic mass is 15.4. The number of benzene rings is 2. The summed E-state index contributed by atoms with van der Waals surface area (Å²) in [4.78, 5) is 14.6. The molecule has 4 heteroatoms. The van der Waals surface area contributed by atoms with Crippen molar-refractivity contribution in [2.24, 2.45) is 9.98 Å². The van der Waals surface area contributed by atoms with E-state index in [1.165, 1.54) is 22.3 Å². The van der Waals surface area contributed by atoms with E-state index in [9.17, 15) is 0 Å². The molecule has 0 aromatic heterocycles. The summed E-state index contributed by atoms with van der Waals surface area (Å²) in [6, 6.07) is 12.7. The summed E-state index contributed by atoms with van der Waals surface area (Å²) in [5.74, 6) is 2.14. The highest BCUT2D eigenvalue weighted by Gasteiger charge is 2.20. The van der Waals surface area contributed by atoms with Crippen molar-refractivity contribution in [3.63, 3.8) is 0 Å². The smallest absolute Gasteiger partial charge is 0.103 e. The third-order valence-corrected chi connectivity index (χ3v) is 5.54. The molecular formula is C24H32N4. The van der Waals surface area contributed by atoms with Crippen LogP contribution in [0.5, 0.6) is 0 Å². The van der Waals surface area contributed by atoms with Crippen LogP contribution in [0.25, 0.3) is 0 Å². The molecule has 148 valence electrons. The maximum atomic E-state index is 4.96. The minimum Gasteiger partial charge on any atom is -0.342 e. The van der Waals surface area contributed by atoms with Gasteiger partial charge in [-0.1, -0.05) is 36.4 Å². The van der Waals surface area contributed by atoms with E-state index >= 15 is 0 Å². The van der Waals surface area contributed by atoms with Gasteiger partial charge in [0.25, 0.3) is 0 Å².